The summed E-state index contributed by atoms with van der Waals surface area (Å²) in [6.45, 7) is 0. The van der Waals surface area contributed by atoms with E-state index in [0.717, 1.165) is 5.56 Å². The number of Topliss-reactive ketones (excluding diaryl/α,β-unsaturated/α-hetero) is 1. The Morgan fingerprint density at radius 2 is 2.35 bits per heavy atom. The molecule has 0 fully saturated rings. The summed E-state index contributed by atoms with van der Waals surface area (Å²) in [5.74, 6) is 0.692. The Hall–Kier alpha value is -1.88. The number of ether oxygens (including phenoxy) is 1. The van der Waals surface area contributed by atoms with Crippen molar-refractivity contribution in [2.45, 2.75) is 6.42 Å². The van der Waals surface area contributed by atoms with Crippen molar-refractivity contribution in [3.63, 3.8) is 0 Å². The molecule has 0 radical (unpaired) electrons. The third-order valence-electron chi connectivity index (χ3n) is 2.27. The Morgan fingerprint density at radius 3 is 3.00 bits per heavy atom. The molecule has 0 saturated heterocycles. The summed E-state index contributed by atoms with van der Waals surface area (Å²) in [5, 5.41) is 6.72. The summed E-state index contributed by atoms with van der Waals surface area (Å²) >= 11 is 5.88. The van der Waals surface area contributed by atoms with Gasteiger partial charge in [-0.15, -0.1) is 0 Å². The topological polar surface area (TPSA) is 67.9 Å². The van der Waals surface area contributed by atoms with E-state index in [1.165, 1.54) is 6.33 Å². The molecular formula is C11H10ClN3O2. The predicted octanol–water partition coefficient (Wildman–Crippen LogP) is 1.89. The van der Waals surface area contributed by atoms with Gasteiger partial charge in [-0.25, -0.2) is 4.98 Å². The first kappa shape index (κ1) is 11.6. The highest BCUT2D eigenvalue weighted by Gasteiger charge is 2.13. The fourth-order valence-corrected chi connectivity index (χ4v) is 1.68. The Bertz CT molecular complexity index is 526. The fraction of sp³-hybridized carbons (Fsp3) is 0.182. The van der Waals surface area contributed by atoms with Gasteiger partial charge in [-0.3, -0.25) is 9.89 Å². The third kappa shape index (κ3) is 2.62. The van der Waals surface area contributed by atoms with E-state index in [1.807, 2.05) is 0 Å². The van der Waals surface area contributed by atoms with Gasteiger partial charge in [0.15, 0.2) is 5.82 Å². The summed E-state index contributed by atoms with van der Waals surface area (Å²) in [5.41, 5.74) is 0.724. The lowest BCUT2D eigenvalue weighted by Crippen LogP contribution is -2.07. The lowest BCUT2D eigenvalue weighted by molar-refractivity contribution is 0.0982. The Balaban J connectivity index is 2.23. The van der Waals surface area contributed by atoms with Crippen LogP contribution < -0.4 is 4.74 Å². The molecule has 88 valence electrons. The number of nitrogens with zero attached hydrogens (tertiary/aromatic N) is 2. The van der Waals surface area contributed by atoms with Gasteiger partial charge in [0.1, 0.15) is 12.1 Å². The third-order valence-corrected chi connectivity index (χ3v) is 2.51. The van der Waals surface area contributed by atoms with Crippen LogP contribution in [-0.4, -0.2) is 28.1 Å². The zero-order valence-electron chi connectivity index (χ0n) is 9.11. The van der Waals surface area contributed by atoms with Gasteiger partial charge in [-0.2, -0.15) is 5.10 Å². The van der Waals surface area contributed by atoms with Crippen LogP contribution >= 0.6 is 11.6 Å². The van der Waals surface area contributed by atoms with Crippen molar-refractivity contribution < 1.29 is 9.53 Å². The van der Waals surface area contributed by atoms with E-state index in [-0.39, 0.29) is 18.0 Å². The van der Waals surface area contributed by atoms with Gasteiger partial charge in [0.2, 0.25) is 5.78 Å². The Morgan fingerprint density at radius 1 is 1.53 bits per heavy atom. The van der Waals surface area contributed by atoms with E-state index < -0.39 is 0 Å². The number of rotatable bonds is 4. The molecule has 1 N–H and O–H groups in total. The number of hydrogen-bond donors (Lipinski definition) is 1. The Labute approximate surface area is 103 Å². The molecule has 5 nitrogen and oxygen atoms in total. The van der Waals surface area contributed by atoms with Crippen LogP contribution in [0.5, 0.6) is 5.75 Å². The molecule has 0 atom stereocenters. The highest BCUT2D eigenvalue weighted by atomic mass is 35.5. The zero-order chi connectivity index (χ0) is 12.3. The number of aromatic nitrogens is 3. The molecule has 2 rings (SSSR count). The summed E-state index contributed by atoms with van der Waals surface area (Å²) in [7, 11) is 1.55. The molecule has 0 aliphatic heterocycles. The summed E-state index contributed by atoms with van der Waals surface area (Å²) in [6, 6.07) is 5.14. The highest BCUT2D eigenvalue weighted by molar-refractivity contribution is 6.30. The molecule has 0 saturated carbocycles. The number of methoxy groups -OCH3 is 1. The molecule has 1 aromatic carbocycles. The molecule has 0 bridgehead atoms. The molecule has 0 spiro atoms. The lowest BCUT2D eigenvalue weighted by Gasteiger charge is -2.07. The van der Waals surface area contributed by atoms with Gasteiger partial charge >= 0.3 is 0 Å². The zero-order valence-corrected chi connectivity index (χ0v) is 9.86. The van der Waals surface area contributed by atoms with Gasteiger partial charge in [0.25, 0.3) is 0 Å². The minimum absolute atomic E-state index is 0.164. The highest BCUT2D eigenvalue weighted by Crippen LogP contribution is 2.23. The maximum absolute atomic E-state index is 11.8. The van der Waals surface area contributed by atoms with Crippen LogP contribution in [0.15, 0.2) is 24.5 Å². The van der Waals surface area contributed by atoms with Crippen molar-refractivity contribution >= 4 is 17.4 Å². The predicted molar refractivity (Wildman–Crippen MR) is 62.4 cm³/mol. The van der Waals surface area contributed by atoms with E-state index >= 15 is 0 Å². The number of halogens is 1. The molecule has 1 aromatic heterocycles. The average Bonchev–Trinajstić information content (AvgIpc) is 2.83. The molecule has 6 heteroatoms. The summed E-state index contributed by atoms with van der Waals surface area (Å²) in [4.78, 5) is 15.6. The molecule has 2 aromatic rings. The number of hydrogen-bond acceptors (Lipinski definition) is 4. The molecule has 0 aliphatic rings. The molecule has 0 aliphatic carbocycles. The smallest absolute Gasteiger partial charge is 0.204 e. The number of aromatic amines is 1. The fourth-order valence-electron chi connectivity index (χ4n) is 1.48. The van der Waals surface area contributed by atoms with Crippen LogP contribution in [0.4, 0.5) is 0 Å². The second-order valence-electron chi connectivity index (χ2n) is 3.39. The van der Waals surface area contributed by atoms with Gasteiger partial charge in [0, 0.05) is 17.0 Å². The standard InChI is InChI=1S/C11H10ClN3O2/c1-17-10-3-2-8(12)4-7(10)5-9(16)11-13-6-14-15-11/h2-4,6H,5H2,1H3,(H,13,14,15). The summed E-state index contributed by atoms with van der Waals surface area (Å²) in [6.07, 6.45) is 1.46. The Kier molecular flexibility index (Phi) is 3.39. The normalized spacial score (nSPS) is 10.2. The van der Waals surface area contributed by atoms with E-state index in [4.69, 9.17) is 16.3 Å². The van der Waals surface area contributed by atoms with Crippen molar-refractivity contribution in [2.24, 2.45) is 0 Å². The van der Waals surface area contributed by atoms with Crippen molar-refractivity contribution in [1.82, 2.24) is 15.2 Å². The van der Waals surface area contributed by atoms with Crippen molar-refractivity contribution in [1.29, 1.82) is 0 Å². The maximum Gasteiger partial charge on any atom is 0.204 e. The number of H-pyrrole nitrogens is 1. The summed E-state index contributed by atoms with van der Waals surface area (Å²) < 4.78 is 5.16. The number of benzene rings is 1. The second-order valence-corrected chi connectivity index (χ2v) is 3.83. The number of ketones is 1. The largest absolute Gasteiger partial charge is 0.496 e. The molecule has 17 heavy (non-hydrogen) atoms. The average molecular weight is 252 g/mol. The first-order valence-electron chi connectivity index (χ1n) is 4.91. The molecule has 0 amide bonds. The van der Waals surface area contributed by atoms with E-state index in [0.29, 0.717) is 10.8 Å². The molecular weight excluding hydrogens is 242 g/mol. The first-order chi connectivity index (χ1) is 8.20. The van der Waals surface area contributed by atoms with Crippen LogP contribution in [0.1, 0.15) is 16.2 Å². The van der Waals surface area contributed by atoms with Gasteiger partial charge in [-0.05, 0) is 18.2 Å². The number of carbonyl (C=O) groups excluding carboxylic acids is 1. The number of nitrogens with one attached hydrogen (secondary N) is 1. The van der Waals surface area contributed by atoms with Crippen LogP contribution in [0, 0.1) is 0 Å². The first-order valence-corrected chi connectivity index (χ1v) is 5.29. The van der Waals surface area contributed by atoms with E-state index in [9.17, 15) is 4.79 Å². The molecule has 0 unspecified atom stereocenters. The van der Waals surface area contributed by atoms with E-state index in [2.05, 4.69) is 15.2 Å². The van der Waals surface area contributed by atoms with Gasteiger partial charge in [-0.1, -0.05) is 11.6 Å². The quantitative estimate of drug-likeness (QED) is 0.843. The minimum Gasteiger partial charge on any atom is -0.496 e. The monoisotopic (exact) mass is 251 g/mol. The van der Waals surface area contributed by atoms with Gasteiger partial charge < -0.3 is 4.74 Å². The van der Waals surface area contributed by atoms with Crippen molar-refractivity contribution in [2.75, 3.05) is 7.11 Å². The SMILES string of the molecule is COc1ccc(Cl)cc1CC(=O)c1ncn[nH]1. The molecule has 1 heterocycles. The van der Waals surface area contributed by atoms with Crippen LogP contribution in [0.25, 0.3) is 0 Å². The second kappa shape index (κ2) is 4.97. The van der Waals surface area contributed by atoms with Crippen molar-refractivity contribution in [3.8, 4) is 5.75 Å². The van der Waals surface area contributed by atoms with Gasteiger partial charge in [0.05, 0.1) is 7.11 Å². The number of carbonyl (C=O) groups is 1. The minimum atomic E-state index is -0.164. The maximum atomic E-state index is 11.8. The lowest BCUT2D eigenvalue weighted by atomic mass is 10.1. The van der Waals surface area contributed by atoms with Crippen LogP contribution in [0.2, 0.25) is 5.02 Å². The van der Waals surface area contributed by atoms with Crippen molar-refractivity contribution in [3.05, 3.63) is 40.9 Å². The van der Waals surface area contributed by atoms with Crippen LogP contribution in [0.3, 0.4) is 0 Å². The van der Waals surface area contributed by atoms with Crippen LogP contribution in [-0.2, 0) is 6.42 Å². The van der Waals surface area contributed by atoms with E-state index in [1.54, 1.807) is 25.3 Å².